The van der Waals surface area contributed by atoms with E-state index in [1.807, 2.05) is 0 Å². The van der Waals surface area contributed by atoms with E-state index in [0.29, 0.717) is 24.3 Å². The van der Waals surface area contributed by atoms with Gasteiger partial charge in [0.05, 0.1) is 0 Å². The van der Waals surface area contributed by atoms with E-state index < -0.39 is 0 Å². The van der Waals surface area contributed by atoms with E-state index in [0.717, 1.165) is 59.1 Å². The van der Waals surface area contributed by atoms with Crippen LogP contribution in [0, 0.1) is 0 Å². The van der Waals surface area contributed by atoms with E-state index in [9.17, 15) is 20.4 Å². The van der Waals surface area contributed by atoms with E-state index in [2.05, 4.69) is 72.7 Å². The molecule has 4 heteroatoms. The minimum absolute atomic E-state index is 0.127. The highest BCUT2D eigenvalue weighted by molar-refractivity contribution is 5.56. The lowest BCUT2D eigenvalue weighted by Crippen LogP contribution is -2.16. The zero-order valence-electron chi connectivity index (χ0n) is 22.3. The molecule has 34 heavy (non-hydrogen) atoms. The molecule has 4 N–H and O–H groups in total. The van der Waals surface area contributed by atoms with Crippen LogP contribution in [0.25, 0.3) is 0 Å². The molecular formula is C30H46O4. The third-order valence-electron chi connectivity index (χ3n) is 6.59. The molecule has 2 rings (SSSR count). The fourth-order valence-electron chi connectivity index (χ4n) is 4.73. The summed E-state index contributed by atoms with van der Waals surface area (Å²) in [6.07, 6.45) is 4.51. The Kier molecular flexibility index (Phi) is 9.62. The largest absolute Gasteiger partial charge is 0.507 e. The maximum atomic E-state index is 11.5. The number of benzene rings is 2. The monoisotopic (exact) mass is 470 g/mol. The van der Waals surface area contributed by atoms with Gasteiger partial charge < -0.3 is 20.4 Å². The van der Waals surface area contributed by atoms with Gasteiger partial charge in [0.15, 0.2) is 0 Å². The van der Waals surface area contributed by atoms with Crippen molar-refractivity contribution in [1.82, 2.24) is 0 Å². The zero-order chi connectivity index (χ0) is 25.7. The Morgan fingerprint density at radius 3 is 1.35 bits per heavy atom. The molecule has 0 aliphatic rings. The molecule has 0 aliphatic carbocycles. The van der Waals surface area contributed by atoms with Crippen molar-refractivity contribution < 1.29 is 20.4 Å². The van der Waals surface area contributed by atoms with Crippen molar-refractivity contribution in [2.24, 2.45) is 0 Å². The van der Waals surface area contributed by atoms with Crippen molar-refractivity contribution in [2.75, 3.05) is 13.2 Å². The van der Waals surface area contributed by atoms with Gasteiger partial charge in [0.25, 0.3) is 0 Å². The van der Waals surface area contributed by atoms with Gasteiger partial charge >= 0.3 is 0 Å². The molecule has 2 aromatic carbocycles. The summed E-state index contributed by atoms with van der Waals surface area (Å²) in [7, 11) is 0. The quantitative estimate of drug-likeness (QED) is 0.321. The average molecular weight is 471 g/mol. The number of aliphatic hydroxyl groups is 2. The predicted molar refractivity (Wildman–Crippen MR) is 141 cm³/mol. The lowest BCUT2D eigenvalue weighted by molar-refractivity contribution is 0.288. The molecule has 0 aromatic heterocycles. The SMILES string of the molecule is CCCC(c1cc(CCCO)cc(C(C)(C)C)c1O)c1cc(CCCO)cc(C(C)(C)C)c1O. The molecule has 0 saturated heterocycles. The van der Waals surface area contributed by atoms with Crippen LogP contribution in [0.2, 0.25) is 0 Å². The van der Waals surface area contributed by atoms with Gasteiger partial charge in [-0.1, -0.05) is 79.2 Å². The minimum Gasteiger partial charge on any atom is -0.507 e. The molecule has 0 radical (unpaired) electrons. The molecule has 0 fully saturated rings. The summed E-state index contributed by atoms with van der Waals surface area (Å²) in [6.45, 7) is 15.0. The second-order valence-corrected chi connectivity index (χ2v) is 11.7. The third-order valence-corrected chi connectivity index (χ3v) is 6.59. The van der Waals surface area contributed by atoms with Crippen molar-refractivity contribution >= 4 is 0 Å². The molecule has 4 nitrogen and oxygen atoms in total. The van der Waals surface area contributed by atoms with E-state index in [-0.39, 0.29) is 30.0 Å². The lowest BCUT2D eigenvalue weighted by atomic mass is 9.76. The number of aliphatic hydroxyl groups excluding tert-OH is 2. The second kappa shape index (κ2) is 11.6. The standard InChI is InChI=1S/C30H46O4/c1-8-11-22(23-16-20(12-9-14-31)18-25(27(23)33)29(2,3)4)24-17-21(13-10-15-32)19-26(28(24)34)30(5,6)7/h16-19,22,31-34H,8-15H2,1-7H3. The highest BCUT2D eigenvalue weighted by Crippen LogP contribution is 2.46. The van der Waals surface area contributed by atoms with Crippen molar-refractivity contribution in [3.63, 3.8) is 0 Å². The van der Waals surface area contributed by atoms with Crippen LogP contribution < -0.4 is 0 Å². The number of aryl methyl sites for hydroxylation is 2. The first-order valence-electron chi connectivity index (χ1n) is 12.8. The Hall–Kier alpha value is -2.04. The first-order chi connectivity index (χ1) is 15.8. The summed E-state index contributed by atoms with van der Waals surface area (Å²) in [4.78, 5) is 0. The highest BCUT2D eigenvalue weighted by Gasteiger charge is 2.29. The minimum atomic E-state index is -0.244. The van der Waals surface area contributed by atoms with Crippen LogP contribution in [-0.2, 0) is 23.7 Å². The summed E-state index contributed by atoms with van der Waals surface area (Å²) in [6, 6.07) is 8.26. The van der Waals surface area contributed by atoms with Gasteiger partial charge in [-0.3, -0.25) is 0 Å². The first kappa shape index (κ1) is 28.2. The number of phenols is 2. The number of hydrogen-bond acceptors (Lipinski definition) is 4. The van der Waals surface area contributed by atoms with Crippen LogP contribution in [0.15, 0.2) is 24.3 Å². The molecule has 0 amide bonds. The van der Waals surface area contributed by atoms with Gasteiger partial charge in [-0.25, -0.2) is 0 Å². The summed E-state index contributed by atoms with van der Waals surface area (Å²) in [5, 5.41) is 41.8. The Bertz CT molecular complexity index is 872. The summed E-state index contributed by atoms with van der Waals surface area (Å²) < 4.78 is 0. The zero-order valence-corrected chi connectivity index (χ0v) is 22.3. The number of rotatable bonds is 10. The second-order valence-electron chi connectivity index (χ2n) is 11.7. The van der Waals surface area contributed by atoms with Gasteiger partial charge in [-0.15, -0.1) is 0 Å². The van der Waals surface area contributed by atoms with E-state index >= 15 is 0 Å². The van der Waals surface area contributed by atoms with Crippen LogP contribution in [0.1, 0.15) is 113 Å². The Morgan fingerprint density at radius 2 is 1.06 bits per heavy atom. The first-order valence-corrected chi connectivity index (χ1v) is 12.8. The molecule has 0 aliphatic heterocycles. The van der Waals surface area contributed by atoms with Gasteiger partial charge in [0.1, 0.15) is 11.5 Å². The van der Waals surface area contributed by atoms with Crippen molar-refractivity contribution in [1.29, 1.82) is 0 Å². The summed E-state index contributed by atoms with van der Waals surface area (Å²) in [5.41, 5.74) is 5.18. The molecule has 0 unspecified atom stereocenters. The van der Waals surface area contributed by atoms with E-state index in [4.69, 9.17) is 0 Å². The van der Waals surface area contributed by atoms with E-state index in [1.165, 1.54) is 0 Å². The van der Waals surface area contributed by atoms with Gasteiger partial charge in [-0.05, 0) is 65.2 Å². The smallest absolute Gasteiger partial charge is 0.123 e. The van der Waals surface area contributed by atoms with Crippen LogP contribution in [0.3, 0.4) is 0 Å². The van der Waals surface area contributed by atoms with Crippen molar-refractivity contribution in [3.8, 4) is 11.5 Å². The molecule has 0 saturated carbocycles. The molecule has 0 spiro atoms. The lowest BCUT2D eigenvalue weighted by Gasteiger charge is -2.29. The van der Waals surface area contributed by atoms with Crippen LogP contribution >= 0.6 is 0 Å². The Morgan fingerprint density at radius 1 is 0.676 bits per heavy atom. The topological polar surface area (TPSA) is 80.9 Å². The number of phenolic OH excluding ortho intramolecular Hbond substituents is 2. The van der Waals surface area contributed by atoms with Crippen LogP contribution in [0.5, 0.6) is 11.5 Å². The van der Waals surface area contributed by atoms with Crippen molar-refractivity contribution in [2.45, 2.75) is 104 Å². The summed E-state index contributed by atoms with van der Waals surface area (Å²) in [5.74, 6) is 0.447. The van der Waals surface area contributed by atoms with Crippen molar-refractivity contribution in [3.05, 3.63) is 57.6 Å². The van der Waals surface area contributed by atoms with Gasteiger partial charge in [-0.2, -0.15) is 0 Å². The maximum absolute atomic E-state index is 11.5. The van der Waals surface area contributed by atoms with Gasteiger partial charge in [0.2, 0.25) is 0 Å². The molecule has 190 valence electrons. The molecular weight excluding hydrogens is 424 g/mol. The van der Waals surface area contributed by atoms with Gasteiger partial charge in [0, 0.05) is 30.3 Å². The molecule has 0 atom stereocenters. The normalized spacial score (nSPS) is 12.5. The summed E-state index contributed by atoms with van der Waals surface area (Å²) >= 11 is 0. The van der Waals surface area contributed by atoms with E-state index in [1.54, 1.807) is 0 Å². The maximum Gasteiger partial charge on any atom is 0.123 e. The van der Waals surface area contributed by atoms with Crippen LogP contribution in [-0.4, -0.2) is 33.6 Å². The molecule has 0 bridgehead atoms. The average Bonchev–Trinajstić information content (AvgIpc) is 2.74. The number of hydrogen-bond donors (Lipinski definition) is 4. The third kappa shape index (κ3) is 6.76. The fraction of sp³-hybridized carbons (Fsp3) is 0.600. The Labute approximate surface area is 206 Å². The fourth-order valence-corrected chi connectivity index (χ4v) is 4.73. The molecule has 0 heterocycles. The molecule has 2 aromatic rings. The number of aromatic hydroxyl groups is 2. The van der Waals surface area contributed by atoms with Crippen LogP contribution in [0.4, 0.5) is 0 Å². The highest BCUT2D eigenvalue weighted by atomic mass is 16.3. The predicted octanol–water partition coefficient (Wildman–Crippen LogP) is 6.47. The Balaban J connectivity index is 2.82.